The minimum Gasteiger partial charge on any atom is -0.468 e. The topological polar surface area (TPSA) is 73.4 Å². The maximum atomic E-state index is 13.1. The molecule has 0 saturated carbocycles. The number of halogens is 3. The fourth-order valence-corrected chi connectivity index (χ4v) is 1.98. The highest BCUT2D eigenvalue weighted by atomic mass is 19.4. The van der Waals surface area contributed by atoms with E-state index in [4.69, 9.17) is 19.4 Å². The number of carbonyl (C=O) groups excluding carboxylic acids is 1. The zero-order valence-corrected chi connectivity index (χ0v) is 11.1. The summed E-state index contributed by atoms with van der Waals surface area (Å²) in [5.74, 6) is -2.57. The van der Waals surface area contributed by atoms with E-state index >= 15 is 0 Å². The normalized spacial score (nSPS) is 27.8. The van der Waals surface area contributed by atoms with Crippen LogP contribution >= 0.6 is 0 Å². The molecule has 2 aromatic heterocycles. The molecular weight excluding hydrogens is 313 g/mol. The third kappa shape index (κ3) is 2.96. The molecule has 1 aliphatic rings. The van der Waals surface area contributed by atoms with Gasteiger partial charge in [-0.05, 0) is 12.1 Å². The Morgan fingerprint density at radius 3 is 2.96 bits per heavy atom. The first-order chi connectivity index (χ1) is 14.6. The van der Waals surface area contributed by atoms with Gasteiger partial charge in [0.1, 0.15) is 5.69 Å². The number of nitrogens with zero attached hydrogens (tertiary/aromatic N) is 3. The van der Waals surface area contributed by atoms with E-state index < -0.39 is 67.1 Å². The molecule has 0 aliphatic carbocycles. The molecule has 1 amide bonds. The maximum Gasteiger partial charge on any atom is 0.422 e. The number of aromatic nitrogens is 2. The average molecular weight is 338 g/mol. The number of fused-ring (bicyclic) bond motifs is 3. The van der Waals surface area contributed by atoms with Crippen molar-refractivity contribution in [2.75, 3.05) is 26.0 Å². The molecule has 6 nitrogen and oxygen atoms in total. The van der Waals surface area contributed by atoms with Crippen LogP contribution in [-0.4, -0.2) is 52.6 Å². The van der Waals surface area contributed by atoms with Crippen molar-refractivity contribution in [3.63, 3.8) is 0 Å². The van der Waals surface area contributed by atoms with Crippen LogP contribution in [0.1, 0.15) is 24.2 Å². The second-order valence-corrected chi connectivity index (χ2v) is 4.24. The SMILES string of the molecule is [2H]C([2H])(N)C([2H])([2H])N1C(=O)c2cc3c(OC([2H])([2H])C(F)(F)F)nccc3n2C([2H])([2H])C1([2H])[2H]. The van der Waals surface area contributed by atoms with Crippen LogP contribution in [0, 0.1) is 0 Å². The van der Waals surface area contributed by atoms with Crippen LogP contribution in [0.2, 0.25) is 0 Å². The number of nitrogens with two attached hydrogens (primary N) is 1. The van der Waals surface area contributed by atoms with Gasteiger partial charge in [-0.15, -0.1) is 0 Å². The van der Waals surface area contributed by atoms with Crippen molar-refractivity contribution in [2.45, 2.75) is 12.7 Å². The van der Waals surface area contributed by atoms with Gasteiger partial charge >= 0.3 is 6.18 Å². The monoisotopic (exact) mass is 338 g/mol. The van der Waals surface area contributed by atoms with Crippen molar-refractivity contribution < 1.29 is 36.4 Å². The second-order valence-electron chi connectivity index (χ2n) is 4.24. The summed E-state index contributed by atoms with van der Waals surface area (Å²) in [6.07, 6.45) is -4.67. The highest BCUT2D eigenvalue weighted by Crippen LogP contribution is 2.30. The first-order valence-electron chi connectivity index (χ1n) is 11.0. The molecule has 0 spiro atoms. The molecule has 3 heterocycles. The van der Waals surface area contributed by atoms with E-state index in [1.165, 1.54) is 0 Å². The molecule has 0 unspecified atom stereocenters. The molecule has 3 rings (SSSR count). The molecule has 1 aliphatic heterocycles. The van der Waals surface area contributed by atoms with E-state index in [9.17, 15) is 18.0 Å². The average Bonchev–Trinajstić information content (AvgIpc) is 2.99. The number of alkyl halides is 3. The van der Waals surface area contributed by atoms with Gasteiger partial charge in [-0.1, -0.05) is 0 Å². The third-order valence-corrected chi connectivity index (χ3v) is 2.83. The van der Waals surface area contributed by atoms with Crippen molar-refractivity contribution in [2.24, 2.45) is 5.73 Å². The predicted molar refractivity (Wildman–Crippen MR) is 76.2 cm³/mol. The maximum absolute atomic E-state index is 13.1. The predicted octanol–water partition coefficient (Wildman–Crippen LogP) is 1.39. The van der Waals surface area contributed by atoms with E-state index in [-0.39, 0.29) is 4.90 Å². The van der Waals surface area contributed by atoms with Gasteiger partial charge in [-0.2, -0.15) is 13.2 Å². The zero-order valence-electron chi connectivity index (χ0n) is 21.1. The molecule has 23 heavy (non-hydrogen) atoms. The lowest BCUT2D eigenvalue weighted by Crippen LogP contribution is -2.42. The quantitative estimate of drug-likeness (QED) is 0.914. The fourth-order valence-electron chi connectivity index (χ4n) is 1.98. The van der Waals surface area contributed by atoms with Gasteiger partial charge in [0.05, 0.1) is 21.9 Å². The lowest BCUT2D eigenvalue weighted by Gasteiger charge is -2.28. The Kier molecular flexibility index (Phi) is 1.87. The molecule has 0 fully saturated rings. The van der Waals surface area contributed by atoms with Crippen molar-refractivity contribution in [1.82, 2.24) is 14.5 Å². The van der Waals surface area contributed by atoms with E-state index in [1.54, 1.807) is 0 Å². The largest absolute Gasteiger partial charge is 0.468 e. The number of carbonyl (C=O) groups is 1. The number of ether oxygens (including phenoxy) is 1. The molecule has 2 aromatic rings. The molecule has 0 aromatic carbocycles. The fraction of sp³-hybridized carbons (Fsp3) is 0.429. The smallest absolute Gasteiger partial charge is 0.422 e. The van der Waals surface area contributed by atoms with Crippen LogP contribution in [0.3, 0.4) is 0 Å². The summed E-state index contributed by atoms with van der Waals surface area (Å²) in [6.45, 7) is -18.0. The van der Waals surface area contributed by atoms with Crippen LogP contribution in [0.4, 0.5) is 13.2 Å². The molecule has 0 saturated heterocycles. The Balaban J connectivity index is 2.30. The lowest BCUT2D eigenvalue weighted by atomic mass is 10.2. The van der Waals surface area contributed by atoms with Gasteiger partial charge in [0.15, 0.2) is 6.56 Å². The third-order valence-electron chi connectivity index (χ3n) is 2.83. The number of amides is 1. The molecule has 0 radical (unpaired) electrons. The Hall–Kier alpha value is -2.29. The van der Waals surface area contributed by atoms with Crippen LogP contribution < -0.4 is 10.5 Å². The molecule has 124 valence electrons. The number of hydrogen-bond donors (Lipinski definition) is 1. The van der Waals surface area contributed by atoms with E-state index in [0.717, 1.165) is 12.3 Å². The molecular formula is C14H15F3N4O2. The van der Waals surface area contributed by atoms with Gasteiger partial charge in [-0.3, -0.25) is 4.79 Å². The minimum absolute atomic E-state index is 0.350. The van der Waals surface area contributed by atoms with Crippen molar-refractivity contribution in [3.05, 3.63) is 24.0 Å². The Morgan fingerprint density at radius 2 is 2.26 bits per heavy atom. The standard InChI is InChI=1S/C14H15F3N4O2/c15-14(16,17)8-23-12-9-7-11-13(22)20(4-2-18)5-6-21(11)10(9)1-3-19-12/h1,3,7H,2,4-6,8,18H2/i2D2,4D2,5D2,6D2,8D2. The van der Waals surface area contributed by atoms with Crippen molar-refractivity contribution in [1.29, 1.82) is 0 Å². The van der Waals surface area contributed by atoms with E-state index in [0.29, 0.717) is 10.6 Å². The molecule has 0 atom stereocenters. The highest BCUT2D eigenvalue weighted by molar-refractivity contribution is 6.00. The van der Waals surface area contributed by atoms with E-state index in [1.807, 2.05) is 0 Å². The number of rotatable bonds is 4. The number of pyridine rings is 1. The first-order valence-corrected chi connectivity index (χ1v) is 5.99. The van der Waals surface area contributed by atoms with Gasteiger partial charge in [-0.25, -0.2) is 4.98 Å². The minimum atomic E-state index is -5.49. The van der Waals surface area contributed by atoms with Crippen LogP contribution in [0.25, 0.3) is 10.9 Å². The lowest BCUT2D eigenvalue weighted by molar-refractivity contribution is -0.153. The second kappa shape index (κ2) is 5.73. The van der Waals surface area contributed by atoms with Gasteiger partial charge in [0.2, 0.25) is 5.88 Å². The van der Waals surface area contributed by atoms with Crippen LogP contribution in [0.5, 0.6) is 5.88 Å². The summed E-state index contributed by atoms with van der Waals surface area (Å²) in [7, 11) is 0. The van der Waals surface area contributed by atoms with Crippen molar-refractivity contribution in [3.8, 4) is 5.88 Å². The van der Waals surface area contributed by atoms with Gasteiger partial charge < -0.3 is 19.9 Å². The first kappa shape index (κ1) is 7.52. The Morgan fingerprint density at radius 1 is 1.48 bits per heavy atom. The summed E-state index contributed by atoms with van der Waals surface area (Å²) in [6, 6.07) is 1.72. The Labute approximate surface area is 143 Å². The Bertz CT molecular complexity index is 1130. The van der Waals surface area contributed by atoms with Gasteiger partial charge in [0.25, 0.3) is 5.91 Å². The number of aryl methyl sites for hydroxylation is 1. The van der Waals surface area contributed by atoms with Gasteiger partial charge in [0, 0.05) is 34.9 Å². The van der Waals surface area contributed by atoms with E-state index in [2.05, 4.69) is 9.72 Å². The molecule has 2 N–H and O–H groups in total. The summed E-state index contributed by atoms with van der Waals surface area (Å²) in [4.78, 5) is 16.2. The number of hydrogen-bond acceptors (Lipinski definition) is 4. The summed E-state index contributed by atoms with van der Waals surface area (Å²) >= 11 is 0. The summed E-state index contributed by atoms with van der Waals surface area (Å²) in [5.41, 5.74) is 3.94. The van der Waals surface area contributed by atoms with Crippen LogP contribution in [-0.2, 0) is 6.50 Å². The summed E-state index contributed by atoms with van der Waals surface area (Å²) in [5, 5.41) is -0.508. The van der Waals surface area contributed by atoms with Crippen molar-refractivity contribution >= 4 is 16.8 Å². The zero-order chi connectivity index (χ0) is 25.6. The molecule has 0 bridgehead atoms. The molecule has 9 heteroatoms. The highest BCUT2D eigenvalue weighted by Gasteiger charge is 2.30. The van der Waals surface area contributed by atoms with Crippen LogP contribution in [0.15, 0.2) is 18.3 Å². The summed E-state index contributed by atoms with van der Waals surface area (Å²) < 4.78 is 121.